The molecule has 14 heavy (non-hydrogen) atoms. The summed E-state index contributed by atoms with van der Waals surface area (Å²) in [6, 6.07) is 0. The molecule has 1 aliphatic heterocycles. The molecule has 0 saturated heterocycles. The van der Waals surface area contributed by atoms with Crippen LogP contribution in [0.1, 0.15) is 12.8 Å². The minimum atomic E-state index is -0.541. The molecule has 0 aromatic carbocycles. The minimum Gasteiger partial charge on any atom is -0.386 e. The van der Waals surface area contributed by atoms with Gasteiger partial charge in [0.25, 0.3) is 0 Å². The van der Waals surface area contributed by atoms with E-state index in [9.17, 15) is 9.59 Å². The number of hydrogen-bond donors (Lipinski definition) is 0. The van der Waals surface area contributed by atoms with Crippen molar-refractivity contribution >= 4 is 11.9 Å². The van der Waals surface area contributed by atoms with Crippen molar-refractivity contribution in [1.82, 2.24) is 0 Å². The third-order valence-corrected chi connectivity index (χ3v) is 2.30. The summed E-state index contributed by atoms with van der Waals surface area (Å²) in [4.78, 5) is 21.9. The summed E-state index contributed by atoms with van der Waals surface area (Å²) >= 11 is 0. The molecule has 0 saturated carbocycles. The summed E-state index contributed by atoms with van der Waals surface area (Å²) in [5.74, 6) is -0.719. The minimum absolute atomic E-state index is 0.310. The zero-order chi connectivity index (χ0) is 9.97. The first-order chi connectivity index (χ1) is 6.75. The number of allylic oxidation sites excluding steroid dienone is 4. The smallest absolute Gasteiger partial charge is 0.342 e. The molecular formula is C11H10O3. The highest BCUT2D eigenvalue weighted by Crippen LogP contribution is 2.23. The van der Waals surface area contributed by atoms with Crippen LogP contribution in [-0.4, -0.2) is 11.9 Å². The SMILES string of the molecule is O=C1C=C(C[C@@H]2C=CC=CC2)C(=O)O1. The molecule has 0 bridgehead atoms. The number of carbonyl (C=O) groups is 2. The average molecular weight is 190 g/mol. The van der Waals surface area contributed by atoms with E-state index >= 15 is 0 Å². The predicted octanol–water partition coefficient (Wildman–Crippen LogP) is 1.52. The molecule has 2 aliphatic rings. The largest absolute Gasteiger partial charge is 0.386 e. The van der Waals surface area contributed by atoms with Gasteiger partial charge in [0, 0.05) is 11.6 Å². The molecule has 1 heterocycles. The Labute approximate surface area is 81.7 Å². The molecule has 0 spiro atoms. The highest BCUT2D eigenvalue weighted by atomic mass is 16.6. The van der Waals surface area contributed by atoms with Crippen molar-refractivity contribution in [1.29, 1.82) is 0 Å². The van der Waals surface area contributed by atoms with Gasteiger partial charge in [0.2, 0.25) is 0 Å². The van der Waals surface area contributed by atoms with Gasteiger partial charge < -0.3 is 4.74 Å². The van der Waals surface area contributed by atoms with Crippen LogP contribution in [0.15, 0.2) is 36.0 Å². The molecule has 0 unspecified atom stereocenters. The van der Waals surface area contributed by atoms with Crippen LogP contribution in [0, 0.1) is 5.92 Å². The average Bonchev–Trinajstić information content (AvgIpc) is 2.47. The van der Waals surface area contributed by atoms with Gasteiger partial charge >= 0.3 is 11.9 Å². The van der Waals surface area contributed by atoms with Gasteiger partial charge in [-0.1, -0.05) is 24.3 Å². The van der Waals surface area contributed by atoms with Crippen LogP contribution < -0.4 is 0 Å². The van der Waals surface area contributed by atoms with Crippen LogP contribution in [0.5, 0.6) is 0 Å². The third kappa shape index (κ3) is 1.82. The molecule has 3 nitrogen and oxygen atoms in total. The van der Waals surface area contributed by atoms with E-state index in [-0.39, 0.29) is 0 Å². The van der Waals surface area contributed by atoms with E-state index < -0.39 is 11.9 Å². The van der Waals surface area contributed by atoms with Gasteiger partial charge in [-0.25, -0.2) is 9.59 Å². The Morgan fingerprint density at radius 2 is 2.21 bits per heavy atom. The summed E-state index contributed by atoms with van der Waals surface area (Å²) in [7, 11) is 0. The van der Waals surface area contributed by atoms with Crippen LogP contribution >= 0.6 is 0 Å². The summed E-state index contributed by atoms with van der Waals surface area (Å²) in [6.45, 7) is 0. The standard InChI is InChI=1S/C11H10O3/c12-10-7-9(11(13)14-10)6-8-4-2-1-3-5-8/h1-4,7-8H,5-6H2/t8-/m1/s1. The van der Waals surface area contributed by atoms with E-state index in [1.54, 1.807) is 0 Å². The molecule has 0 N–H and O–H groups in total. The Bertz CT molecular complexity index is 361. The van der Waals surface area contributed by atoms with E-state index in [2.05, 4.69) is 4.74 Å². The van der Waals surface area contributed by atoms with Gasteiger partial charge in [-0.3, -0.25) is 0 Å². The van der Waals surface area contributed by atoms with Crippen molar-refractivity contribution in [3.05, 3.63) is 36.0 Å². The maximum atomic E-state index is 11.1. The van der Waals surface area contributed by atoms with Crippen molar-refractivity contribution < 1.29 is 14.3 Å². The summed E-state index contributed by atoms with van der Waals surface area (Å²) in [5.41, 5.74) is 0.486. The van der Waals surface area contributed by atoms with Crippen LogP contribution in [0.2, 0.25) is 0 Å². The van der Waals surface area contributed by atoms with Gasteiger partial charge in [0.1, 0.15) is 0 Å². The van der Waals surface area contributed by atoms with Crippen molar-refractivity contribution in [2.24, 2.45) is 5.92 Å². The number of hydrogen-bond acceptors (Lipinski definition) is 3. The molecule has 72 valence electrons. The second kappa shape index (κ2) is 3.62. The number of ether oxygens (including phenoxy) is 1. The molecule has 1 aliphatic carbocycles. The maximum Gasteiger partial charge on any atom is 0.342 e. The van der Waals surface area contributed by atoms with Gasteiger partial charge in [-0.15, -0.1) is 0 Å². The second-order valence-corrected chi connectivity index (χ2v) is 3.39. The third-order valence-electron chi connectivity index (χ3n) is 2.30. The van der Waals surface area contributed by atoms with Gasteiger partial charge in [-0.2, -0.15) is 0 Å². The van der Waals surface area contributed by atoms with E-state index in [1.165, 1.54) is 6.08 Å². The van der Waals surface area contributed by atoms with E-state index in [0.29, 0.717) is 17.9 Å². The fourth-order valence-electron chi connectivity index (χ4n) is 1.60. The maximum absolute atomic E-state index is 11.1. The molecule has 0 aromatic rings. The summed E-state index contributed by atoms with van der Waals surface area (Å²) < 4.78 is 4.40. The topological polar surface area (TPSA) is 43.4 Å². The van der Waals surface area contributed by atoms with Crippen LogP contribution in [0.4, 0.5) is 0 Å². The summed E-state index contributed by atoms with van der Waals surface area (Å²) in [6.07, 6.45) is 10.8. The molecular weight excluding hydrogens is 180 g/mol. The zero-order valence-corrected chi connectivity index (χ0v) is 7.60. The summed E-state index contributed by atoms with van der Waals surface area (Å²) in [5, 5.41) is 0. The lowest BCUT2D eigenvalue weighted by Crippen LogP contribution is -2.06. The normalized spacial score (nSPS) is 25.1. The Kier molecular flexibility index (Phi) is 2.31. The molecule has 0 radical (unpaired) electrons. The highest BCUT2D eigenvalue weighted by molar-refractivity contribution is 6.08. The first kappa shape index (κ1) is 8.94. The lowest BCUT2D eigenvalue weighted by Gasteiger charge is -2.11. The molecule has 0 aromatic heterocycles. The highest BCUT2D eigenvalue weighted by Gasteiger charge is 2.25. The van der Waals surface area contributed by atoms with Crippen molar-refractivity contribution in [3.8, 4) is 0 Å². The van der Waals surface area contributed by atoms with E-state index in [1.807, 2.05) is 24.3 Å². The molecule has 3 heteroatoms. The second-order valence-electron chi connectivity index (χ2n) is 3.39. The van der Waals surface area contributed by atoms with Crippen molar-refractivity contribution in [2.75, 3.05) is 0 Å². The molecule has 2 rings (SSSR count). The predicted molar refractivity (Wildman–Crippen MR) is 50.2 cm³/mol. The number of rotatable bonds is 2. The number of esters is 2. The Balaban J connectivity index is 2.01. The lowest BCUT2D eigenvalue weighted by atomic mass is 9.93. The van der Waals surface area contributed by atoms with Gasteiger partial charge in [-0.05, 0) is 18.8 Å². The quantitative estimate of drug-likeness (QED) is 0.489. The van der Waals surface area contributed by atoms with Crippen LogP contribution in [0.3, 0.4) is 0 Å². The fourth-order valence-corrected chi connectivity index (χ4v) is 1.60. The monoisotopic (exact) mass is 190 g/mol. The van der Waals surface area contributed by atoms with E-state index in [0.717, 1.165) is 6.42 Å². The first-order valence-electron chi connectivity index (χ1n) is 4.56. The Morgan fingerprint density at radius 1 is 1.36 bits per heavy atom. The van der Waals surface area contributed by atoms with Crippen LogP contribution in [-0.2, 0) is 14.3 Å². The lowest BCUT2D eigenvalue weighted by molar-refractivity contribution is -0.150. The Morgan fingerprint density at radius 3 is 2.79 bits per heavy atom. The number of cyclic esters (lactones) is 2. The first-order valence-corrected chi connectivity index (χ1v) is 4.56. The van der Waals surface area contributed by atoms with Gasteiger partial charge in [0.15, 0.2) is 0 Å². The Hall–Kier alpha value is -1.64. The number of carbonyl (C=O) groups excluding carboxylic acids is 2. The zero-order valence-electron chi connectivity index (χ0n) is 7.60. The molecule has 1 atom stereocenters. The van der Waals surface area contributed by atoms with Crippen molar-refractivity contribution in [2.45, 2.75) is 12.8 Å². The van der Waals surface area contributed by atoms with Gasteiger partial charge in [0.05, 0.1) is 0 Å². The van der Waals surface area contributed by atoms with Crippen LogP contribution in [0.25, 0.3) is 0 Å². The molecule has 0 fully saturated rings. The molecule has 0 amide bonds. The van der Waals surface area contributed by atoms with Crippen molar-refractivity contribution in [3.63, 3.8) is 0 Å². The fraction of sp³-hybridized carbons (Fsp3) is 0.273. The van der Waals surface area contributed by atoms with E-state index in [4.69, 9.17) is 0 Å².